The van der Waals surface area contributed by atoms with Crippen LogP contribution in [0, 0.1) is 10.1 Å². The number of hydrogen-bond donors (Lipinski definition) is 2. The van der Waals surface area contributed by atoms with E-state index in [1.54, 1.807) is 35.6 Å². The Bertz CT molecular complexity index is 3620. The number of nitro groups is 1. The number of rotatable bonds is 5. The van der Waals surface area contributed by atoms with Crippen LogP contribution in [0.2, 0.25) is 0 Å². The van der Waals surface area contributed by atoms with Gasteiger partial charge in [0, 0.05) is 66.0 Å². The quantitative estimate of drug-likeness (QED) is 0.133. The Kier molecular flexibility index (Phi) is 8.19. The molecule has 4 aromatic heterocycles. The Morgan fingerprint density at radius 2 is 0.903 bits per heavy atom. The minimum atomic E-state index is -0.370. The Balaban J connectivity index is 1.26. The third kappa shape index (κ3) is 5.88. The van der Waals surface area contributed by atoms with Crippen LogP contribution in [0.15, 0.2) is 164 Å². The molecule has 292 valence electrons. The molecule has 7 nitrogen and oxygen atoms in total. The van der Waals surface area contributed by atoms with Crippen LogP contribution in [-0.4, -0.2) is 24.9 Å². The van der Waals surface area contributed by atoms with Crippen molar-refractivity contribution in [1.29, 1.82) is 0 Å². The standard InChI is InChI=1S/C54H33N5O2S/c60-59(61)36-21-19-34(20-22-36)51-41-23-25-43(55-41)52(39-16-7-12-32-9-1-4-14-37(32)39)45-27-29-47(57-45)54(50-31-35-11-3-6-18-49(35)62-50)48-30-28-46(58-48)53(44-26-24-42(51)56-44)40-17-8-13-33-10-2-5-15-38(33)40/h1-31,55,58H. The number of aromatic nitrogens is 4. The molecule has 0 amide bonds. The van der Waals surface area contributed by atoms with Crippen molar-refractivity contribution in [2.24, 2.45) is 0 Å². The number of fused-ring (bicyclic) bond motifs is 11. The molecule has 12 rings (SSSR count). The summed E-state index contributed by atoms with van der Waals surface area (Å²) >= 11 is 1.76. The summed E-state index contributed by atoms with van der Waals surface area (Å²) in [7, 11) is 0. The van der Waals surface area contributed by atoms with Crippen molar-refractivity contribution in [1.82, 2.24) is 19.9 Å². The van der Waals surface area contributed by atoms with E-state index in [1.165, 1.54) is 10.1 Å². The van der Waals surface area contributed by atoms with Crippen LogP contribution < -0.4 is 0 Å². The first-order chi connectivity index (χ1) is 30.5. The van der Waals surface area contributed by atoms with Crippen LogP contribution in [0.25, 0.3) is 122 Å². The molecule has 0 unspecified atom stereocenters. The minimum Gasteiger partial charge on any atom is -0.354 e. The number of aromatic amines is 2. The molecule has 6 heterocycles. The molecule has 0 radical (unpaired) electrons. The number of hydrogen-bond acceptors (Lipinski definition) is 5. The van der Waals surface area contributed by atoms with E-state index in [-0.39, 0.29) is 10.6 Å². The van der Waals surface area contributed by atoms with Gasteiger partial charge >= 0.3 is 0 Å². The highest BCUT2D eigenvalue weighted by Crippen LogP contribution is 2.43. The molecule has 62 heavy (non-hydrogen) atoms. The SMILES string of the molecule is O=[N+]([O-])c1ccc(-c2c3nc(c(-c4cccc5ccccc45)c4ccc([nH]4)c(-c4cc5ccccc5s4)c4nc(c(-c5cccc6ccccc56)c5ccc2[nH]5)C=C4)C=C3)cc1. The molecule has 2 aliphatic rings. The number of nitro benzene ring substituents is 1. The van der Waals surface area contributed by atoms with Gasteiger partial charge in [0.1, 0.15) is 0 Å². The predicted molar refractivity (Wildman–Crippen MR) is 258 cm³/mol. The highest BCUT2D eigenvalue weighted by Gasteiger charge is 2.21. The van der Waals surface area contributed by atoms with E-state index >= 15 is 0 Å². The summed E-state index contributed by atoms with van der Waals surface area (Å²) in [6.07, 6.45) is 8.39. The van der Waals surface area contributed by atoms with Crippen molar-refractivity contribution in [3.8, 4) is 43.8 Å². The van der Waals surface area contributed by atoms with Gasteiger partial charge in [-0.05, 0) is 116 Å². The van der Waals surface area contributed by atoms with Gasteiger partial charge in [0.15, 0.2) is 0 Å². The van der Waals surface area contributed by atoms with Crippen molar-refractivity contribution in [3.05, 3.63) is 197 Å². The number of non-ortho nitro benzene ring substituents is 1. The summed E-state index contributed by atoms with van der Waals surface area (Å²) in [6, 6.07) is 55.7. The maximum Gasteiger partial charge on any atom is 0.269 e. The fourth-order valence-electron chi connectivity index (χ4n) is 9.08. The molecule has 0 spiro atoms. The maximum absolute atomic E-state index is 11.8. The van der Waals surface area contributed by atoms with Gasteiger partial charge in [-0.25, -0.2) is 9.97 Å². The van der Waals surface area contributed by atoms with Crippen molar-refractivity contribution < 1.29 is 4.92 Å². The lowest BCUT2D eigenvalue weighted by Gasteiger charge is -2.09. The number of benzene rings is 6. The lowest BCUT2D eigenvalue weighted by Crippen LogP contribution is -1.91. The molecule has 0 atom stereocenters. The first-order valence-electron chi connectivity index (χ1n) is 20.4. The Hall–Kier alpha value is -8.20. The van der Waals surface area contributed by atoms with Crippen LogP contribution >= 0.6 is 11.3 Å². The molecular weight excluding hydrogens is 783 g/mol. The van der Waals surface area contributed by atoms with Gasteiger partial charge < -0.3 is 9.97 Å². The molecule has 10 aromatic rings. The Morgan fingerprint density at radius 1 is 0.452 bits per heavy atom. The summed E-state index contributed by atoms with van der Waals surface area (Å²) in [5, 5.41) is 17.5. The van der Waals surface area contributed by atoms with Crippen LogP contribution in [0.5, 0.6) is 0 Å². The summed E-state index contributed by atoms with van der Waals surface area (Å²) in [4.78, 5) is 31.2. The number of thiophene rings is 1. The topological polar surface area (TPSA) is 100 Å². The molecule has 0 aliphatic carbocycles. The molecule has 8 heteroatoms. The molecule has 2 aliphatic heterocycles. The normalized spacial score (nSPS) is 12.2. The van der Waals surface area contributed by atoms with Crippen molar-refractivity contribution in [2.45, 2.75) is 0 Å². The van der Waals surface area contributed by atoms with Gasteiger partial charge in [0.2, 0.25) is 0 Å². The summed E-state index contributed by atoms with van der Waals surface area (Å²) < 4.78 is 1.21. The Labute approximate surface area is 358 Å². The molecule has 2 N–H and O–H groups in total. The fourth-order valence-corrected chi connectivity index (χ4v) is 10.2. The van der Waals surface area contributed by atoms with Crippen molar-refractivity contribution in [3.63, 3.8) is 0 Å². The zero-order valence-electron chi connectivity index (χ0n) is 33.0. The predicted octanol–water partition coefficient (Wildman–Crippen LogP) is 14.8. The van der Waals surface area contributed by atoms with E-state index in [9.17, 15) is 10.1 Å². The van der Waals surface area contributed by atoms with E-state index in [4.69, 9.17) is 9.97 Å². The third-order valence-electron chi connectivity index (χ3n) is 11.9. The highest BCUT2D eigenvalue weighted by molar-refractivity contribution is 7.22. The lowest BCUT2D eigenvalue weighted by atomic mass is 9.97. The fraction of sp³-hybridized carbons (Fsp3) is 0. The second-order valence-electron chi connectivity index (χ2n) is 15.5. The van der Waals surface area contributed by atoms with Crippen LogP contribution in [-0.2, 0) is 0 Å². The van der Waals surface area contributed by atoms with Crippen LogP contribution in [0.4, 0.5) is 5.69 Å². The second kappa shape index (κ2) is 14.2. The van der Waals surface area contributed by atoms with E-state index in [0.717, 1.165) is 110 Å². The number of H-pyrrole nitrogens is 2. The van der Waals surface area contributed by atoms with E-state index in [0.29, 0.717) is 0 Å². The largest absolute Gasteiger partial charge is 0.354 e. The lowest BCUT2D eigenvalue weighted by molar-refractivity contribution is -0.384. The van der Waals surface area contributed by atoms with Gasteiger partial charge in [-0.1, -0.05) is 103 Å². The monoisotopic (exact) mass is 815 g/mol. The van der Waals surface area contributed by atoms with Crippen molar-refractivity contribution >= 4 is 95.0 Å². The summed E-state index contributed by atoms with van der Waals surface area (Å²) in [5.74, 6) is 0. The van der Waals surface area contributed by atoms with Gasteiger partial charge in [-0.3, -0.25) is 10.1 Å². The molecular formula is C54H33N5O2S. The van der Waals surface area contributed by atoms with Gasteiger partial charge in [-0.15, -0.1) is 11.3 Å². The molecule has 0 saturated carbocycles. The second-order valence-corrected chi connectivity index (χ2v) is 16.6. The average molecular weight is 816 g/mol. The van der Waals surface area contributed by atoms with Crippen LogP contribution in [0.3, 0.4) is 0 Å². The summed E-state index contributed by atoms with van der Waals surface area (Å²) in [5.41, 5.74) is 13.5. The third-order valence-corrected chi connectivity index (χ3v) is 13.0. The van der Waals surface area contributed by atoms with Gasteiger partial charge in [0.05, 0.1) is 27.7 Å². The molecule has 0 saturated heterocycles. The van der Waals surface area contributed by atoms with Gasteiger partial charge in [0.25, 0.3) is 5.69 Å². The van der Waals surface area contributed by atoms with E-state index < -0.39 is 0 Å². The first kappa shape index (κ1) is 35.7. The minimum absolute atomic E-state index is 0.0245. The number of nitrogens with zero attached hydrogens (tertiary/aromatic N) is 3. The van der Waals surface area contributed by atoms with Crippen LogP contribution in [0.1, 0.15) is 22.8 Å². The molecule has 0 fully saturated rings. The van der Waals surface area contributed by atoms with Gasteiger partial charge in [-0.2, -0.15) is 0 Å². The number of nitrogens with one attached hydrogen (secondary N) is 2. The first-order valence-corrected chi connectivity index (χ1v) is 21.2. The Morgan fingerprint density at radius 3 is 1.45 bits per heavy atom. The zero-order valence-corrected chi connectivity index (χ0v) is 33.8. The average Bonchev–Trinajstić information content (AvgIpc) is 4.18. The smallest absolute Gasteiger partial charge is 0.269 e. The van der Waals surface area contributed by atoms with Crippen molar-refractivity contribution in [2.75, 3.05) is 0 Å². The van der Waals surface area contributed by atoms with E-state index in [1.807, 2.05) is 6.08 Å². The van der Waals surface area contributed by atoms with E-state index in [2.05, 4.69) is 168 Å². The maximum atomic E-state index is 11.8. The molecule has 6 aromatic carbocycles. The molecule has 8 bridgehead atoms. The zero-order chi connectivity index (χ0) is 41.3. The summed E-state index contributed by atoms with van der Waals surface area (Å²) in [6.45, 7) is 0. The highest BCUT2D eigenvalue weighted by atomic mass is 32.1.